The van der Waals surface area contributed by atoms with Crippen LogP contribution in [0.25, 0.3) is 0 Å². The van der Waals surface area contributed by atoms with E-state index in [1.54, 1.807) is 22.5 Å². The average Bonchev–Trinajstić information content (AvgIpc) is 2.96. The zero-order chi connectivity index (χ0) is 13.0. The summed E-state index contributed by atoms with van der Waals surface area (Å²) in [6, 6.07) is 2.00. The molecule has 0 radical (unpaired) electrons. The molecule has 0 aliphatic carbocycles. The van der Waals surface area contributed by atoms with Crippen LogP contribution in [0.15, 0.2) is 22.1 Å². The highest BCUT2D eigenvalue weighted by molar-refractivity contribution is 8.01. The first-order chi connectivity index (χ1) is 8.66. The second-order valence-electron chi connectivity index (χ2n) is 3.80. The summed E-state index contributed by atoms with van der Waals surface area (Å²) in [6.07, 6.45) is 1.67. The Labute approximate surface area is 113 Å². The molecule has 0 bridgehead atoms. The number of nitrogens with one attached hydrogen (secondary N) is 1. The van der Waals surface area contributed by atoms with Gasteiger partial charge in [0.2, 0.25) is 5.91 Å². The van der Waals surface area contributed by atoms with Gasteiger partial charge in [-0.15, -0.1) is 10.2 Å². The van der Waals surface area contributed by atoms with Gasteiger partial charge in [-0.25, -0.2) is 4.68 Å². The third-order valence-electron chi connectivity index (χ3n) is 2.09. The molecule has 0 spiro atoms. The van der Waals surface area contributed by atoms with E-state index in [1.807, 2.05) is 13.8 Å². The number of nitrogens with zero attached hydrogens (tertiary/aromatic N) is 4. The van der Waals surface area contributed by atoms with E-state index in [1.165, 1.54) is 23.1 Å². The molecule has 2 rings (SSSR count). The fraction of sp³-hybridized carbons (Fsp3) is 0.400. The number of thioether (sulfide) groups is 1. The first-order valence-corrected chi connectivity index (χ1v) is 7.25. The van der Waals surface area contributed by atoms with Crippen molar-refractivity contribution in [3.63, 3.8) is 0 Å². The largest absolute Gasteiger partial charge is 0.310 e. The predicted molar refractivity (Wildman–Crippen MR) is 71.9 cm³/mol. The zero-order valence-corrected chi connectivity index (χ0v) is 11.7. The van der Waals surface area contributed by atoms with E-state index in [0.717, 1.165) is 4.34 Å². The van der Waals surface area contributed by atoms with E-state index in [-0.39, 0.29) is 11.9 Å². The van der Waals surface area contributed by atoms with Crippen LogP contribution in [0, 0.1) is 0 Å². The van der Waals surface area contributed by atoms with Crippen LogP contribution in [0.2, 0.25) is 0 Å². The van der Waals surface area contributed by atoms with E-state index >= 15 is 0 Å². The molecule has 0 saturated heterocycles. The van der Waals surface area contributed by atoms with E-state index in [4.69, 9.17) is 0 Å². The first-order valence-electron chi connectivity index (χ1n) is 5.39. The van der Waals surface area contributed by atoms with E-state index in [2.05, 4.69) is 20.6 Å². The van der Waals surface area contributed by atoms with Crippen molar-refractivity contribution in [2.45, 2.75) is 24.2 Å². The molecule has 0 atom stereocenters. The summed E-state index contributed by atoms with van der Waals surface area (Å²) in [5.74, 6) is 0.962. The molecule has 0 aliphatic rings. The number of aromatic nitrogens is 4. The summed E-state index contributed by atoms with van der Waals surface area (Å²) in [5.41, 5.74) is 1.65. The topological polar surface area (TPSA) is 72.7 Å². The van der Waals surface area contributed by atoms with Gasteiger partial charge in [-0.1, -0.05) is 23.1 Å². The highest BCUT2D eigenvalue weighted by atomic mass is 32.2. The lowest BCUT2D eigenvalue weighted by Crippen LogP contribution is -2.18. The Balaban J connectivity index is 1.89. The van der Waals surface area contributed by atoms with Crippen LogP contribution in [0.4, 0.5) is 5.82 Å². The fourth-order valence-electron chi connectivity index (χ4n) is 1.36. The van der Waals surface area contributed by atoms with Gasteiger partial charge in [0.25, 0.3) is 0 Å². The first kappa shape index (κ1) is 13.0. The number of hydrogen-bond acceptors (Lipinski definition) is 6. The van der Waals surface area contributed by atoms with Gasteiger partial charge >= 0.3 is 0 Å². The molecule has 0 aromatic carbocycles. The van der Waals surface area contributed by atoms with Gasteiger partial charge in [-0.3, -0.25) is 4.79 Å². The maximum Gasteiger partial charge on any atom is 0.235 e. The van der Waals surface area contributed by atoms with Crippen LogP contribution in [0.1, 0.15) is 19.9 Å². The van der Waals surface area contributed by atoms with Crippen LogP contribution in [-0.2, 0) is 4.79 Å². The SMILES string of the molecule is CC(C)n1nccc1NC(=O)CSc1nncs1. The molecular weight excluding hydrogens is 270 g/mol. The van der Waals surface area contributed by atoms with E-state index < -0.39 is 0 Å². The number of anilines is 1. The van der Waals surface area contributed by atoms with Gasteiger partial charge in [0.15, 0.2) is 4.34 Å². The summed E-state index contributed by atoms with van der Waals surface area (Å²) in [6.45, 7) is 4.03. The molecule has 2 aromatic rings. The molecule has 6 nitrogen and oxygen atoms in total. The maximum atomic E-state index is 11.8. The predicted octanol–water partition coefficient (Wildman–Crippen LogP) is 2.05. The van der Waals surface area contributed by atoms with Crippen molar-refractivity contribution in [3.8, 4) is 0 Å². The van der Waals surface area contributed by atoms with Crippen molar-refractivity contribution in [2.75, 3.05) is 11.1 Å². The second kappa shape index (κ2) is 5.96. The van der Waals surface area contributed by atoms with Crippen molar-refractivity contribution in [2.24, 2.45) is 0 Å². The van der Waals surface area contributed by atoms with Gasteiger partial charge in [-0.05, 0) is 13.8 Å². The van der Waals surface area contributed by atoms with Crippen molar-refractivity contribution < 1.29 is 4.79 Å². The number of carbonyl (C=O) groups is 1. The summed E-state index contributed by atoms with van der Waals surface area (Å²) in [4.78, 5) is 11.8. The Morgan fingerprint density at radius 3 is 3.11 bits per heavy atom. The number of hydrogen-bond donors (Lipinski definition) is 1. The Morgan fingerprint density at radius 1 is 1.61 bits per heavy atom. The smallest absolute Gasteiger partial charge is 0.235 e. The molecule has 96 valence electrons. The third kappa shape index (κ3) is 3.30. The second-order valence-corrected chi connectivity index (χ2v) is 5.85. The molecule has 1 N–H and O–H groups in total. The third-order valence-corrected chi connectivity index (χ3v) is 3.95. The Hall–Kier alpha value is -1.41. The van der Waals surface area contributed by atoms with Gasteiger partial charge in [0.05, 0.1) is 11.9 Å². The molecular formula is C10H13N5OS2. The Kier molecular flexibility index (Phi) is 4.32. The molecule has 0 saturated carbocycles. The van der Waals surface area contributed by atoms with Crippen LogP contribution >= 0.6 is 23.1 Å². The van der Waals surface area contributed by atoms with Gasteiger partial charge in [0.1, 0.15) is 11.3 Å². The minimum Gasteiger partial charge on any atom is -0.310 e. The van der Waals surface area contributed by atoms with Crippen LogP contribution < -0.4 is 5.32 Å². The van der Waals surface area contributed by atoms with Gasteiger partial charge in [-0.2, -0.15) is 5.10 Å². The monoisotopic (exact) mass is 283 g/mol. The van der Waals surface area contributed by atoms with Crippen molar-refractivity contribution >= 4 is 34.8 Å². The molecule has 18 heavy (non-hydrogen) atoms. The molecule has 0 aliphatic heterocycles. The van der Waals surface area contributed by atoms with E-state index in [9.17, 15) is 4.79 Å². The lowest BCUT2D eigenvalue weighted by atomic mass is 10.4. The molecule has 0 unspecified atom stereocenters. The Morgan fingerprint density at radius 2 is 2.44 bits per heavy atom. The lowest BCUT2D eigenvalue weighted by molar-refractivity contribution is -0.113. The summed E-state index contributed by atoms with van der Waals surface area (Å²) in [7, 11) is 0. The van der Waals surface area contributed by atoms with Gasteiger partial charge in [0, 0.05) is 12.1 Å². The summed E-state index contributed by atoms with van der Waals surface area (Å²) >= 11 is 2.80. The number of amides is 1. The lowest BCUT2D eigenvalue weighted by Gasteiger charge is -2.11. The average molecular weight is 283 g/mol. The van der Waals surface area contributed by atoms with Crippen molar-refractivity contribution in [3.05, 3.63) is 17.8 Å². The summed E-state index contributed by atoms with van der Waals surface area (Å²) in [5, 5.41) is 14.6. The minimum atomic E-state index is -0.0717. The van der Waals surface area contributed by atoms with Gasteiger partial charge < -0.3 is 5.32 Å². The molecule has 2 heterocycles. The number of carbonyl (C=O) groups excluding carboxylic acids is 1. The molecule has 2 aromatic heterocycles. The number of rotatable bonds is 5. The molecule has 0 fully saturated rings. The van der Waals surface area contributed by atoms with Crippen LogP contribution in [-0.4, -0.2) is 31.6 Å². The van der Waals surface area contributed by atoms with Crippen molar-refractivity contribution in [1.82, 2.24) is 20.0 Å². The van der Waals surface area contributed by atoms with Crippen molar-refractivity contribution in [1.29, 1.82) is 0 Å². The molecule has 8 heteroatoms. The van der Waals surface area contributed by atoms with Crippen LogP contribution in [0.5, 0.6) is 0 Å². The minimum absolute atomic E-state index is 0.0717. The highest BCUT2D eigenvalue weighted by Crippen LogP contribution is 2.19. The zero-order valence-electron chi connectivity index (χ0n) is 10.0. The van der Waals surface area contributed by atoms with E-state index in [0.29, 0.717) is 11.6 Å². The standard InChI is InChI=1S/C10H13N5OS2/c1-7(2)15-8(3-4-12-15)13-9(16)5-17-10-14-11-6-18-10/h3-4,6-7H,5H2,1-2H3,(H,13,16). The Bertz CT molecular complexity index is 508. The molecule has 1 amide bonds. The quantitative estimate of drug-likeness (QED) is 0.850. The summed E-state index contributed by atoms with van der Waals surface area (Å²) < 4.78 is 2.57. The normalized spacial score (nSPS) is 10.8. The fourth-order valence-corrected chi connectivity index (χ4v) is 2.65. The maximum absolute atomic E-state index is 11.8. The van der Waals surface area contributed by atoms with Crippen LogP contribution in [0.3, 0.4) is 0 Å². The highest BCUT2D eigenvalue weighted by Gasteiger charge is 2.10.